The van der Waals surface area contributed by atoms with E-state index in [-0.39, 0.29) is 5.82 Å². The molecule has 1 aromatic carbocycles. The predicted octanol–water partition coefficient (Wildman–Crippen LogP) is 2.85. The Labute approximate surface area is 117 Å². The molecule has 20 heavy (non-hydrogen) atoms. The molecule has 1 aromatic heterocycles. The highest BCUT2D eigenvalue weighted by molar-refractivity contribution is 5.74. The van der Waals surface area contributed by atoms with Crippen molar-refractivity contribution < 1.29 is 9.13 Å². The van der Waals surface area contributed by atoms with Crippen LogP contribution in [-0.2, 0) is 13.5 Å². The lowest BCUT2D eigenvalue weighted by Crippen LogP contribution is -2.03. The van der Waals surface area contributed by atoms with E-state index in [1.807, 2.05) is 7.05 Å². The summed E-state index contributed by atoms with van der Waals surface area (Å²) >= 11 is 0. The third-order valence-corrected chi connectivity index (χ3v) is 3.06. The Bertz CT molecular complexity index is 609. The fourth-order valence-corrected chi connectivity index (χ4v) is 2.06. The van der Waals surface area contributed by atoms with E-state index < -0.39 is 0 Å². The number of ether oxygens (including phenoxy) is 1. The molecular formula is C14H19FN4O. The Hall–Kier alpha value is -2.24. The van der Waals surface area contributed by atoms with Crippen LogP contribution in [0.5, 0.6) is 5.75 Å². The molecule has 5 nitrogen and oxygen atoms in total. The van der Waals surface area contributed by atoms with E-state index in [0.29, 0.717) is 22.9 Å². The van der Waals surface area contributed by atoms with Crippen LogP contribution in [0, 0.1) is 5.82 Å². The molecule has 2 aromatic rings. The summed E-state index contributed by atoms with van der Waals surface area (Å²) in [6, 6.07) is 4.30. The van der Waals surface area contributed by atoms with Gasteiger partial charge in [-0.2, -0.15) is 5.10 Å². The Kier molecular flexibility index (Phi) is 4.12. The summed E-state index contributed by atoms with van der Waals surface area (Å²) in [6.45, 7) is 2.07. The standard InChI is InChI=1S/C14H19FN4O/c1-4-5-11-13(16)14(19(2)18-11)17-10-7-6-9(15)8-12(10)20-3/h6-8,17H,4-5,16H2,1-3H3. The van der Waals surface area contributed by atoms with Crippen molar-refractivity contribution in [3.05, 3.63) is 29.7 Å². The molecule has 6 heteroatoms. The lowest BCUT2D eigenvalue weighted by Gasteiger charge is -2.12. The van der Waals surface area contributed by atoms with Crippen LogP contribution in [0.15, 0.2) is 18.2 Å². The smallest absolute Gasteiger partial charge is 0.152 e. The fraction of sp³-hybridized carbons (Fsp3) is 0.357. The number of halogens is 1. The number of hydrogen-bond donors (Lipinski definition) is 2. The third-order valence-electron chi connectivity index (χ3n) is 3.06. The molecule has 0 unspecified atom stereocenters. The summed E-state index contributed by atoms with van der Waals surface area (Å²) in [6.07, 6.45) is 1.79. The minimum absolute atomic E-state index is 0.350. The van der Waals surface area contributed by atoms with Gasteiger partial charge in [-0.25, -0.2) is 4.39 Å². The van der Waals surface area contributed by atoms with Crippen molar-refractivity contribution in [1.82, 2.24) is 9.78 Å². The monoisotopic (exact) mass is 278 g/mol. The zero-order chi connectivity index (χ0) is 14.7. The van der Waals surface area contributed by atoms with Gasteiger partial charge >= 0.3 is 0 Å². The molecule has 108 valence electrons. The first kappa shape index (κ1) is 14.2. The summed E-state index contributed by atoms with van der Waals surface area (Å²) in [5, 5.41) is 7.53. The van der Waals surface area contributed by atoms with Gasteiger partial charge in [-0.1, -0.05) is 13.3 Å². The van der Waals surface area contributed by atoms with Crippen LogP contribution < -0.4 is 15.8 Å². The molecule has 0 saturated carbocycles. The molecule has 0 aliphatic carbocycles. The summed E-state index contributed by atoms with van der Waals surface area (Å²) in [4.78, 5) is 0. The molecule has 0 atom stereocenters. The van der Waals surface area contributed by atoms with Gasteiger partial charge in [0.2, 0.25) is 0 Å². The second-order valence-electron chi connectivity index (χ2n) is 4.55. The van der Waals surface area contributed by atoms with Crippen LogP contribution in [0.3, 0.4) is 0 Å². The highest BCUT2D eigenvalue weighted by Crippen LogP contribution is 2.32. The number of aromatic nitrogens is 2. The van der Waals surface area contributed by atoms with Crippen molar-refractivity contribution in [2.24, 2.45) is 7.05 Å². The fourth-order valence-electron chi connectivity index (χ4n) is 2.06. The number of rotatable bonds is 5. The zero-order valence-electron chi connectivity index (χ0n) is 11.9. The third kappa shape index (κ3) is 2.68. The largest absolute Gasteiger partial charge is 0.494 e. The highest BCUT2D eigenvalue weighted by atomic mass is 19.1. The number of nitrogens with one attached hydrogen (secondary N) is 1. The molecule has 0 fully saturated rings. The lowest BCUT2D eigenvalue weighted by molar-refractivity contribution is 0.413. The lowest BCUT2D eigenvalue weighted by atomic mass is 10.2. The van der Waals surface area contributed by atoms with Crippen LogP contribution in [-0.4, -0.2) is 16.9 Å². The quantitative estimate of drug-likeness (QED) is 0.882. The zero-order valence-corrected chi connectivity index (χ0v) is 11.9. The van der Waals surface area contributed by atoms with Gasteiger partial charge in [-0.15, -0.1) is 0 Å². The number of hydrogen-bond acceptors (Lipinski definition) is 4. The van der Waals surface area contributed by atoms with E-state index in [4.69, 9.17) is 10.5 Å². The SMILES string of the molecule is CCCc1nn(C)c(Nc2ccc(F)cc2OC)c1N. The van der Waals surface area contributed by atoms with Crippen molar-refractivity contribution in [3.8, 4) is 5.75 Å². The second-order valence-corrected chi connectivity index (χ2v) is 4.55. The van der Waals surface area contributed by atoms with Gasteiger partial charge in [0.25, 0.3) is 0 Å². The molecule has 2 rings (SSSR count). The number of benzene rings is 1. The maximum Gasteiger partial charge on any atom is 0.152 e. The average Bonchev–Trinajstić information content (AvgIpc) is 2.68. The Morgan fingerprint density at radius 2 is 2.20 bits per heavy atom. The summed E-state index contributed by atoms with van der Waals surface area (Å²) in [7, 11) is 3.31. The van der Waals surface area contributed by atoms with Crippen LogP contribution in [0.25, 0.3) is 0 Å². The van der Waals surface area contributed by atoms with Crippen molar-refractivity contribution in [3.63, 3.8) is 0 Å². The van der Waals surface area contributed by atoms with Gasteiger partial charge in [0.15, 0.2) is 5.82 Å². The van der Waals surface area contributed by atoms with Gasteiger partial charge in [-0.05, 0) is 18.6 Å². The predicted molar refractivity (Wildman–Crippen MR) is 77.9 cm³/mol. The molecule has 1 heterocycles. The number of nitrogen functional groups attached to an aromatic ring is 1. The van der Waals surface area contributed by atoms with Gasteiger partial charge in [-0.3, -0.25) is 4.68 Å². The first-order valence-corrected chi connectivity index (χ1v) is 6.48. The number of methoxy groups -OCH3 is 1. The first-order chi connectivity index (χ1) is 9.56. The van der Waals surface area contributed by atoms with Crippen molar-refractivity contribution in [2.75, 3.05) is 18.2 Å². The summed E-state index contributed by atoms with van der Waals surface area (Å²) in [5.74, 6) is 0.748. The van der Waals surface area contributed by atoms with E-state index in [9.17, 15) is 4.39 Å². The average molecular weight is 278 g/mol. The van der Waals surface area contributed by atoms with Crippen LogP contribution in [0.4, 0.5) is 21.6 Å². The number of anilines is 3. The molecule has 0 spiro atoms. The Balaban J connectivity index is 2.35. The minimum Gasteiger partial charge on any atom is -0.494 e. The van der Waals surface area contributed by atoms with Crippen LogP contribution in [0.2, 0.25) is 0 Å². The van der Waals surface area contributed by atoms with Gasteiger partial charge in [0.05, 0.1) is 24.2 Å². The van der Waals surface area contributed by atoms with Crippen molar-refractivity contribution >= 4 is 17.2 Å². The maximum atomic E-state index is 13.2. The molecule has 0 radical (unpaired) electrons. The molecule has 0 aliphatic heterocycles. The molecule has 0 saturated heterocycles. The van der Waals surface area contributed by atoms with E-state index >= 15 is 0 Å². The number of nitrogens with two attached hydrogens (primary N) is 1. The Morgan fingerprint density at radius 1 is 1.45 bits per heavy atom. The van der Waals surface area contributed by atoms with E-state index in [0.717, 1.165) is 18.5 Å². The molecule has 0 amide bonds. The van der Waals surface area contributed by atoms with Crippen LogP contribution in [0.1, 0.15) is 19.0 Å². The van der Waals surface area contributed by atoms with Gasteiger partial charge in [0.1, 0.15) is 11.6 Å². The maximum absolute atomic E-state index is 13.2. The van der Waals surface area contributed by atoms with E-state index in [1.54, 1.807) is 10.7 Å². The normalized spacial score (nSPS) is 10.6. The van der Waals surface area contributed by atoms with E-state index in [1.165, 1.54) is 19.2 Å². The van der Waals surface area contributed by atoms with Gasteiger partial charge < -0.3 is 15.8 Å². The molecule has 3 N–H and O–H groups in total. The van der Waals surface area contributed by atoms with Gasteiger partial charge in [0, 0.05) is 13.1 Å². The molecule has 0 aliphatic rings. The van der Waals surface area contributed by atoms with Crippen molar-refractivity contribution in [1.29, 1.82) is 0 Å². The summed E-state index contributed by atoms with van der Waals surface area (Å²) < 4.78 is 20.0. The molecule has 0 bridgehead atoms. The topological polar surface area (TPSA) is 65.1 Å². The van der Waals surface area contributed by atoms with Crippen molar-refractivity contribution in [2.45, 2.75) is 19.8 Å². The number of nitrogens with zero attached hydrogens (tertiary/aromatic N) is 2. The first-order valence-electron chi connectivity index (χ1n) is 6.48. The Morgan fingerprint density at radius 3 is 2.85 bits per heavy atom. The molecular weight excluding hydrogens is 259 g/mol. The van der Waals surface area contributed by atoms with Crippen LogP contribution >= 0.6 is 0 Å². The number of aryl methyl sites for hydroxylation is 2. The second kappa shape index (κ2) is 5.81. The van der Waals surface area contributed by atoms with E-state index in [2.05, 4.69) is 17.3 Å². The minimum atomic E-state index is -0.350. The highest BCUT2D eigenvalue weighted by Gasteiger charge is 2.14. The summed E-state index contributed by atoms with van der Waals surface area (Å²) in [5.41, 5.74) is 8.22.